The van der Waals surface area contributed by atoms with Crippen molar-refractivity contribution in [2.75, 3.05) is 38.2 Å². The fraction of sp³-hybridized carbons (Fsp3) is 0.438. The van der Waals surface area contributed by atoms with E-state index in [4.69, 9.17) is 21.3 Å². The fourth-order valence-electron chi connectivity index (χ4n) is 5.46. The number of fused-ring (bicyclic) bond motifs is 3. The summed E-state index contributed by atoms with van der Waals surface area (Å²) in [6, 6.07) is 10.8. The lowest BCUT2D eigenvalue weighted by Crippen LogP contribution is -2.51. The second kappa shape index (κ2) is 12.8. The molecule has 2 atom stereocenters. The maximum absolute atomic E-state index is 16.1. The molecule has 2 fully saturated rings. The molecule has 1 aromatic heterocycles. The number of nitrogens with zero attached hydrogens (tertiary/aromatic N) is 4. The third kappa shape index (κ3) is 6.83. The number of aliphatic hydroxyl groups excluding tert-OH is 1. The predicted molar refractivity (Wildman–Crippen MR) is 165 cm³/mol. The van der Waals surface area contributed by atoms with Gasteiger partial charge in [-0.1, -0.05) is 35.9 Å². The molecule has 3 aromatic rings. The second-order valence-corrected chi connectivity index (χ2v) is 11.8. The van der Waals surface area contributed by atoms with Crippen LogP contribution >= 0.6 is 11.6 Å². The van der Waals surface area contributed by atoms with Gasteiger partial charge in [0.05, 0.1) is 11.6 Å². The van der Waals surface area contributed by atoms with Gasteiger partial charge in [0.2, 0.25) is 0 Å². The smallest absolute Gasteiger partial charge is 0.319 e. The van der Waals surface area contributed by atoms with E-state index < -0.39 is 5.82 Å². The molecule has 2 aromatic carbocycles. The minimum absolute atomic E-state index is 0.00933. The molecule has 2 bridgehead atoms. The number of aromatic nitrogens is 2. The van der Waals surface area contributed by atoms with Crippen molar-refractivity contribution in [3.8, 4) is 6.01 Å². The Hall–Kier alpha value is -3.20. The topological polar surface area (TPSA) is 73.8 Å². The number of benzene rings is 2. The molecule has 0 saturated carbocycles. The van der Waals surface area contributed by atoms with E-state index in [0.717, 1.165) is 50.0 Å². The molecule has 0 aliphatic carbocycles. The molecule has 2 saturated heterocycles. The molecule has 5 rings (SSSR count). The minimum Gasteiger partial charge on any atom is -0.508 e. The SMILES string of the molecule is Cc1ccccc1/C=C(O)\C=C\c1c(Cl)cc2c(N3CC4CCC(C3)N4)nc(OCCCN(C)C(C)C)nc2c1F. The lowest BCUT2D eigenvalue weighted by Gasteiger charge is -2.34. The Morgan fingerprint density at radius 2 is 1.98 bits per heavy atom. The highest BCUT2D eigenvalue weighted by atomic mass is 35.5. The molecule has 2 unspecified atom stereocenters. The van der Waals surface area contributed by atoms with Gasteiger partial charge in [0, 0.05) is 48.7 Å². The Bertz CT molecular complexity index is 1450. The molecular formula is C32H39ClFN5O2. The Kier molecular flexibility index (Phi) is 9.12. The van der Waals surface area contributed by atoms with Gasteiger partial charge in [0.1, 0.15) is 17.1 Å². The van der Waals surface area contributed by atoms with Crippen LogP contribution in [-0.2, 0) is 0 Å². The molecule has 0 amide bonds. The van der Waals surface area contributed by atoms with Crippen molar-refractivity contribution in [3.63, 3.8) is 0 Å². The van der Waals surface area contributed by atoms with Crippen molar-refractivity contribution in [1.82, 2.24) is 20.2 Å². The summed E-state index contributed by atoms with van der Waals surface area (Å²) in [6.45, 7) is 9.12. The summed E-state index contributed by atoms with van der Waals surface area (Å²) >= 11 is 6.64. The fourth-order valence-corrected chi connectivity index (χ4v) is 5.72. The number of hydrogen-bond donors (Lipinski definition) is 2. The molecular weight excluding hydrogens is 541 g/mol. The number of piperazine rings is 1. The van der Waals surface area contributed by atoms with Crippen LogP contribution in [0.25, 0.3) is 23.1 Å². The predicted octanol–water partition coefficient (Wildman–Crippen LogP) is 6.39. The van der Waals surface area contributed by atoms with Gasteiger partial charge in [-0.3, -0.25) is 0 Å². The number of nitrogens with one attached hydrogen (secondary N) is 1. The number of allylic oxidation sites excluding steroid dienone is 1. The van der Waals surface area contributed by atoms with Crippen LogP contribution in [0.1, 0.15) is 49.8 Å². The van der Waals surface area contributed by atoms with E-state index in [1.54, 1.807) is 12.1 Å². The molecule has 2 N–H and O–H groups in total. The van der Waals surface area contributed by atoms with Crippen molar-refractivity contribution >= 4 is 40.5 Å². The summed E-state index contributed by atoms with van der Waals surface area (Å²) < 4.78 is 22.1. The summed E-state index contributed by atoms with van der Waals surface area (Å²) in [5, 5.41) is 15.0. The molecule has 9 heteroatoms. The van der Waals surface area contributed by atoms with Crippen molar-refractivity contribution in [1.29, 1.82) is 0 Å². The van der Waals surface area contributed by atoms with Gasteiger partial charge in [0.25, 0.3) is 0 Å². The first-order chi connectivity index (χ1) is 19.7. The number of anilines is 1. The Morgan fingerprint density at radius 1 is 1.24 bits per heavy atom. The minimum atomic E-state index is -0.571. The molecule has 3 heterocycles. The average Bonchev–Trinajstić information content (AvgIpc) is 3.29. The first-order valence-corrected chi connectivity index (χ1v) is 14.8. The van der Waals surface area contributed by atoms with Gasteiger partial charge in [-0.2, -0.15) is 9.97 Å². The van der Waals surface area contributed by atoms with Crippen LogP contribution in [-0.4, -0.2) is 71.4 Å². The van der Waals surface area contributed by atoms with E-state index in [1.807, 2.05) is 31.2 Å². The summed E-state index contributed by atoms with van der Waals surface area (Å²) in [5.41, 5.74) is 2.21. The number of hydrogen-bond acceptors (Lipinski definition) is 7. The zero-order valence-electron chi connectivity index (χ0n) is 24.2. The van der Waals surface area contributed by atoms with Gasteiger partial charge in [-0.25, -0.2) is 4.39 Å². The van der Waals surface area contributed by atoms with Crippen LogP contribution in [0.15, 0.2) is 42.2 Å². The Labute approximate surface area is 246 Å². The second-order valence-electron chi connectivity index (χ2n) is 11.4. The molecule has 2 aliphatic rings. The largest absolute Gasteiger partial charge is 0.508 e. The number of rotatable bonds is 10. The first kappa shape index (κ1) is 29.3. The van der Waals surface area contributed by atoms with Crippen LogP contribution in [0.3, 0.4) is 0 Å². The van der Waals surface area contributed by atoms with Crippen molar-refractivity contribution in [2.24, 2.45) is 0 Å². The summed E-state index contributed by atoms with van der Waals surface area (Å²) in [7, 11) is 2.08. The molecule has 2 aliphatic heterocycles. The third-order valence-corrected chi connectivity index (χ3v) is 8.39. The van der Waals surface area contributed by atoms with E-state index >= 15 is 4.39 Å². The molecule has 218 valence electrons. The van der Waals surface area contributed by atoms with Crippen LogP contribution < -0.4 is 15.0 Å². The van der Waals surface area contributed by atoms with Crippen LogP contribution in [0.5, 0.6) is 6.01 Å². The number of aryl methyl sites for hydroxylation is 1. The third-order valence-electron chi connectivity index (χ3n) is 8.07. The van der Waals surface area contributed by atoms with Gasteiger partial charge in [0.15, 0.2) is 5.82 Å². The van der Waals surface area contributed by atoms with Crippen LogP contribution in [0.4, 0.5) is 10.2 Å². The Balaban J connectivity index is 1.48. The maximum atomic E-state index is 16.1. The lowest BCUT2D eigenvalue weighted by atomic mass is 10.1. The number of aliphatic hydroxyl groups is 1. The number of ether oxygens (including phenoxy) is 1. The Morgan fingerprint density at radius 3 is 2.68 bits per heavy atom. The van der Waals surface area contributed by atoms with E-state index in [1.165, 1.54) is 12.2 Å². The van der Waals surface area contributed by atoms with E-state index in [0.29, 0.717) is 35.9 Å². The van der Waals surface area contributed by atoms with E-state index in [-0.39, 0.29) is 27.9 Å². The highest BCUT2D eigenvalue weighted by molar-refractivity contribution is 6.33. The normalized spacial score (nSPS) is 19.3. The molecule has 0 radical (unpaired) electrons. The van der Waals surface area contributed by atoms with Crippen molar-refractivity contribution < 1.29 is 14.2 Å². The quantitative estimate of drug-likeness (QED) is 0.164. The zero-order valence-corrected chi connectivity index (χ0v) is 25.0. The standard InChI is InChI=1S/C32H39ClFN5O2/c1-20(2)38(4)14-7-15-41-32-36-30-27(31(37-32)39-18-23-10-11-24(19-39)35-23)17-28(33)26(29(30)34)13-12-25(40)16-22-9-6-5-8-21(22)3/h5-6,8-9,12-13,16-17,20,23-24,35,40H,7,10-11,14-15,18-19H2,1-4H3/b13-12+,25-16+. The summed E-state index contributed by atoms with van der Waals surface area (Å²) in [4.78, 5) is 13.7. The summed E-state index contributed by atoms with van der Waals surface area (Å²) in [6.07, 6.45) is 7.59. The van der Waals surface area contributed by atoms with Gasteiger partial charge >= 0.3 is 6.01 Å². The van der Waals surface area contributed by atoms with E-state index in [2.05, 4.69) is 41.0 Å². The van der Waals surface area contributed by atoms with Crippen molar-refractivity contribution in [3.05, 3.63) is 69.7 Å². The lowest BCUT2D eigenvalue weighted by molar-refractivity contribution is 0.226. The highest BCUT2D eigenvalue weighted by Crippen LogP contribution is 2.36. The molecule has 0 spiro atoms. The van der Waals surface area contributed by atoms with Gasteiger partial charge in [-0.15, -0.1) is 0 Å². The molecule has 7 nitrogen and oxygen atoms in total. The van der Waals surface area contributed by atoms with Crippen LogP contribution in [0.2, 0.25) is 5.02 Å². The first-order valence-electron chi connectivity index (χ1n) is 14.4. The van der Waals surface area contributed by atoms with E-state index in [9.17, 15) is 5.11 Å². The molecule has 41 heavy (non-hydrogen) atoms. The highest BCUT2D eigenvalue weighted by Gasteiger charge is 2.34. The number of halogens is 2. The van der Waals surface area contributed by atoms with Gasteiger partial charge < -0.3 is 25.0 Å². The zero-order chi connectivity index (χ0) is 29.1. The van der Waals surface area contributed by atoms with Crippen molar-refractivity contribution in [2.45, 2.75) is 58.2 Å². The van der Waals surface area contributed by atoms with Crippen LogP contribution in [0, 0.1) is 12.7 Å². The maximum Gasteiger partial charge on any atom is 0.319 e. The van der Waals surface area contributed by atoms with Gasteiger partial charge in [-0.05, 0) is 82.5 Å². The average molecular weight is 580 g/mol. The monoisotopic (exact) mass is 579 g/mol. The summed E-state index contributed by atoms with van der Waals surface area (Å²) in [5.74, 6) is 0.0600.